The number of aryl methyl sites for hydroxylation is 2. The van der Waals surface area contributed by atoms with Gasteiger partial charge in [0.2, 0.25) is 5.89 Å². The van der Waals surface area contributed by atoms with Gasteiger partial charge in [-0.15, -0.1) is 0 Å². The number of rotatable bonds is 6. The molecule has 0 fully saturated rings. The molecule has 4 aromatic rings. The summed E-state index contributed by atoms with van der Waals surface area (Å²) >= 11 is 1.08. The lowest BCUT2D eigenvalue weighted by Crippen LogP contribution is -2.36. The fourth-order valence-electron chi connectivity index (χ4n) is 3.45. The Kier molecular flexibility index (Phi) is 6.74. The van der Waals surface area contributed by atoms with E-state index >= 15 is 0 Å². The molecule has 0 bridgehead atoms. The minimum atomic E-state index is -0.640. The second kappa shape index (κ2) is 9.88. The maximum Gasteiger partial charge on any atom is 0.331 e. The second-order valence-corrected chi connectivity index (χ2v) is 8.41. The molecule has 3 amide bonds. The highest BCUT2D eigenvalue weighted by atomic mass is 32.2. The van der Waals surface area contributed by atoms with E-state index in [1.807, 2.05) is 44.2 Å². The maximum atomic E-state index is 12.4. The number of fused-ring (bicyclic) bond motifs is 1. The number of urea groups is 1. The van der Waals surface area contributed by atoms with E-state index in [2.05, 4.69) is 21.1 Å². The summed E-state index contributed by atoms with van der Waals surface area (Å²) in [5.41, 5.74) is 4.86. The molecule has 0 saturated heterocycles. The first-order valence-corrected chi connectivity index (χ1v) is 11.2. The SMILES string of the molecule is COc1ccc(C(=O)NC(=O)NSc2ccc(-c3nc4cc(C)cc(C)c4o3)cc2)cc1OC. The van der Waals surface area contributed by atoms with Gasteiger partial charge in [0.15, 0.2) is 17.1 Å². The van der Waals surface area contributed by atoms with Crippen LogP contribution >= 0.6 is 11.9 Å². The number of benzene rings is 3. The third-order valence-corrected chi connectivity index (χ3v) is 5.85. The van der Waals surface area contributed by atoms with E-state index in [-0.39, 0.29) is 5.56 Å². The van der Waals surface area contributed by atoms with Crippen molar-refractivity contribution in [2.24, 2.45) is 0 Å². The Bertz CT molecular complexity index is 1370. The summed E-state index contributed by atoms with van der Waals surface area (Å²) in [5, 5.41) is 2.29. The van der Waals surface area contributed by atoms with Gasteiger partial charge in [0.25, 0.3) is 5.91 Å². The number of carbonyl (C=O) groups excluding carboxylic acids is 2. The zero-order chi connectivity index (χ0) is 24.2. The molecule has 0 unspecified atom stereocenters. The normalized spacial score (nSPS) is 10.7. The topological polar surface area (TPSA) is 103 Å². The Labute approximate surface area is 200 Å². The average Bonchev–Trinajstić information content (AvgIpc) is 3.27. The number of aromatic nitrogens is 1. The van der Waals surface area contributed by atoms with E-state index in [9.17, 15) is 9.59 Å². The van der Waals surface area contributed by atoms with Gasteiger partial charge in [-0.2, -0.15) is 0 Å². The molecule has 0 saturated carbocycles. The lowest BCUT2D eigenvalue weighted by molar-refractivity contribution is 0.0965. The molecule has 0 spiro atoms. The summed E-state index contributed by atoms with van der Waals surface area (Å²) in [5.74, 6) is 0.863. The molecule has 0 aliphatic carbocycles. The van der Waals surface area contributed by atoms with E-state index in [1.54, 1.807) is 12.1 Å². The summed E-state index contributed by atoms with van der Waals surface area (Å²) < 4.78 is 18.9. The number of nitrogens with zero attached hydrogens (tertiary/aromatic N) is 1. The van der Waals surface area contributed by atoms with Crippen molar-refractivity contribution in [1.29, 1.82) is 0 Å². The van der Waals surface area contributed by atoms with Crippen LogP contribution in [0, 0.1) is 13.8 Å². The van der Waals surface area contributed by atoms with Crippen molar-refractivity contribution in [1.82, 2.24) is 15.0 Å². The van der Waals surface area contributed by atoms with Gasteiger partial charge in [-0.3, -0.25) is 14.8 Å². The number of carbonyl (C=O) groups is 2. The number of ether oxygens (including phenoxy) is 2. The zero-order valence-electron chi connectivity index (χ0n) is 19.1. The minimum absolute atomic E-state index is 0.269. The highest BCUT2D eigenvalue weighted by Crippen LogP contribution is 2.29. The van der Waals surface area contributed by atoms with E-state index in [1.165, 1.54) is 20.3 Å². The van der Waals surface area contributed by atoms with Gasteiger partial charge in [0, 0.05) is 16.0 Å². The van der Waals surface area contributed by atoms with Crippen LogP contribution in [0.15, 0.2) is 63.9 Å². The lowest BCUT2D eigenvalue weighted by atomic mass is 10.1. The van der Waals surface area contributed by atoms with Crippen molar-refractivity contribution in [2.45, 2.75) is 18.7 Å². The van der Waals surface area contributed by atoms with Gasteiger partial charge in [-0.05, 0) is 85.5 Å². The van der Waals surface area contributed by atoms with Crippen molar-refractivity contribution < 1.29 is 23.5 Å². The van der Waals surface area contributed by atoms with Crippen molar-refractivity contribution in [3.05, 3.63) is 71.3 Å². The molecule has 1 aromatic heterocycles. The van der Waals surface area contributed by atoms with Crippen LogP contribution in [-0.2, 0) is 0 Å². The Morgan fingerprint density at radius 3 is 2.38 bits per heavy atom. The average molecular weight is 478 g/mol. The predicted octanol–water partition coefficient (Wildman–Crippen LogP) is 5.28. The lowest BCUT2D eigenvalue weighted by Gasteiger charge is -2.10. The Morgan fingerprint density at radius 2 is 1.68 bits per heavy atom. The molecule has 8 nitrogen and oxygen atoms in total. The Morgan fingerprint density at radius 1 is 0.941 bits per heavy atom. The van der Waals surface area contributed by atoms with E-state index < -0.39 is 11.9 Å². The van der Waals surface area contributed by atoms with Crippen LogP contribution in [0.25, 0.3) is 22.6 Å². The number of oxazole rings is 1. The summed E-state index contributed by atoms with van der Waals surface area (Å²) in [4.78, 5) is 29.9. The summed E-state index contributed by atoms with van der Waals surface area (Å²) in [6.45, 7) is 4.02. The van der Waals surface area contributed by atoms with Crippen molar-refractivity contribution in [3.63, 3.8) is 0 Å². The molecule has 174 valence electrons. The number of hydrogen-bond acceptors (Lipinski definition) is 7. The van der Waals surface area contributed by atoms with E-state index in [0.29, 0.717) is 17.4 Å². The van der Waals surface area contributed by atoms with Gasteiger partial charge in [0.1, 0.15) is 5.52 Å². The molecule has 3 aromatic carbocycles. The zero-order valence-corrected chi connectivity index (χ0v) is 19.9. The quantitative estimate of drug-likeness (QED) is 0.364. The fraction of sp³-hybridized carbons (Fsp3) is 0.160. The van der Waals surface area contributed by atoms with Gasteiger partial charge in [0.05, 0.1) is 14.2 Å². The van der Waals surface area contributed by atoms with Gasteiger partial charge < -0.3 is 13.9 Å². The van der Waals surface area contributed by atoms with Gasteiger partial charge in [-0.25, -0.2) is 9.78 Å². The van der Waals surface area contributed by atoms with Crippen molar-refractivity contribution in [2.75, 3.05) is 14.2 Å². The van der Waals surface area contributed by atoms with E-state index in [0.717, 1.165) is 44.6 Å². The van der Waals surface area contributed by atoms with Crippen LogP contribution in [0.3, 0.4) is 0 Å². The Balaban J connectivity index is 1.36. The van der Waals surface area contributed by atoms with E-state index in [4.69, 9.17) is 13.9 Å². The maximum absolute atomic E-state index is 12.4. The standard InChI is InChI=1S/C25H23N3O5S/c1-14-11-15(2)22-19(12-14)26-24(33-22)16-5-8-18(9-6-16)34-28-25(30)27-23(29)17-7-10-20(31-3)21(13-17)32-4/h5-13H,1-4H3,(H2,27,28,29,30). The molecule has 0 atom stereocenters. The summed E-state index contributed by atoms with van der Waals surface area (Å²) in [7, 11) is 2.98. The van der Waals surface area contributed by atoms with Crippen molar-refractivity contribution in [3.8, 4) is 23.0 Å². The first-order chi connectivity index (χ1) is 16.4. The first kappa shape index (κ1) is 23.2. The first-order valence-electron chi connectivity index (χ1n) is 10.4. The van der Waals surface area contributed by atoms with Crippen molar-refractivity contribution >= 4 is 35.0 Å². The highest BCUT2D eigenvalue weighted by molar-refractivity contribution is 7.98. The minimum Gasteiger partial charge on any atom is -0.493 e. The number of hydrogen-bond donors (Lipinski definition) is 2. The molecular weight excluding hydrogens is 454 g/mol. The Hall–Kier alpha value is -3.98. The molecule has 2 N–H and O–H groups in total. The summed E-state index contributed by atoms with van der Waals surface area (Å²) in [6.07, 6.45) is 0. The van der Waals surface area contributed by atoms with Crippen LogP contribution in [0.1, 0.15) is 21.5 Å². The summed E-state index contributed by atoms with van der Waals surface area (Å²) in [6, 6.07) is 15.5. The molecule has 0 aliphatic rings. The molecule has 0 aliphatic heterocycles. The number of methoxy groups -OCH3 is 2. The molecular formula is C25H23N3O5S. The molecule has 9 heteroatoms. The van der Waals surface area contributed by atoms with Crippen LogP contribution in [0.5, 0.6) is 11.5 Å². The number of imide groups is 1. The van der Waals surface area contributed by atoms with Gasteiger partial charge >= 0.3 is 6.03 Å². The third-order valence-electron chi connectivity index (χ3n) is 5.06. The fourth-order valence-corrected chi connectivity index (χ4v) is 3.98. The largest absolute Gasteiger partial charge is 0.493 e. The second-order valence-electron chi connectivity index (χ2n) is 7.53. The van der Waals surface area contributed by atoms with Crippen LogP contribution in [0.2, 0.25) is 0 Å². The molecule has 1 heterocycles. The molecule has 4 rings (SSSR count). The third kappa shape index (κ3) is 4.99. The smallest absolute Gasteiger partial charge is 0.331 e. The van der Waals surface area contributed by atoms with Crippen LogP contribution < -0.4 is 19.5 Å². The molecule has 0 radical (unpaired) electrons. The van der Waals surface area contributed by atoms with Crippen LogP contribution in [0.4, 0.5) is 4.79 Å². The highest BCUT2D eigenvalue weighted by Gasteiger charge is 2.14. The number of amides is 3. The van der Waals surface area contributed by atoms with Gasteiger partial charge in [-0.1, -0.05) is 6.07 Å². The van der Waals surface area contributed by atoms with Crippen LogP contribution in [-0.4, -0.2) is 31.1 Å². The predicted molar refractivity (Wildman–Crippen MR) is 130 cm³/mol. The molecule has 34 heavy (non-hydrogen) atoms. The monoisotopic (exact) mass is 477 g/mol. The number of nitrogens with one attached hydrogen (secondary N) is 2.